The van der Waals surface area contributed by atoms with Crippen molar-refractivity contribution in [2.75, 3.05) is 46.4 Å². The van der Waals surface area contributed by atoms with Gasteiger partial charge in [0.2, 0.25) is 0 Å². The normalized spacial score (nSPS) is 17.2. The predicted octanol–water partition coefficient (Wildman–Crippen LogP) is 0.726. The summed E-state index contributed by atoms with van der Waals surface area (Å²) in [5, 5.41) is 13.4. The lowest BCUT2D eigenvalue weighted by molar-refractivity contribution is -0.384. The molecule has 0 aliphatic carbocycles. The first-order valence-electron chi connectivity index (χ1n) is 8.02. The number of nitro groups is 1. The number of amides is 1. The van der Waals surface area contributed by atoms with E-state index in [4.69, 9.17) is 4.74 Å². The van der Waals surface area contributed by atoms with Crippen LogP contribution in [0.5, 0.6) is 5.75 Å². The van der Waals surface area contributed by atoms with Crippen LogP contribution in [0.3, 0.4) is 0 Å². The minimum atomic E-state index is -0.476. The Labute approximate surface area is 141 Å². The van der Waals surface area contributed by atoms with E-state index in [0.717, 1.165) is 26.2 Å². The van der Waals surface area contributed by atoms with Gasteiger partial charge in [0.1, 0.15) is 5.75 Å². The summed E-state index contributed by atoms with van der Waals surface area (Å²) in [5.74, 6) is 0.234. The number of nitrogens with zero attached hydrogens (tertiary/aromatic N) is 3. The highest BCUT2D eigenvalue weighted by molar-refractivity contribution is 5.77. The number of non-ortho nitro benzene ring substituents is 1. The van der Waals surface area contributed by atoms with Crippen LogP contribution in [0.1, 0.15) is 6.92 Å². The fraction of sp³-hybridized carbons (Fsp3) is 0.562. The molecule has 1 aliphatic rings. The zero-order valence-corrected chi connectivity index (χ0v) is 14.1. The van der Waals surface area contributed by atoms with Gasteiger partial charge in [0.15, 0.2) is 6.61 Å². The van der Waals surface area contributed by atoms with E-state index in [1.165, 1.54) is 24.3 Å². The van der Waals surface area contributed by atoms with E-state index in [-0.39, 0.29) is 24.2 Å². The third-order valence-corrected chi connectivity index (χ3v) is 4.17. The predicted molar refractivity (Wildman–Crippen MR) is 90.1 cm³/mol. The Morgan fingerprint density at radius 2 is 1.92 bits per heavy atom. The van der Waals surface area contributed by atoms with Crippen LogP contribution in [-0.4, -0.2) is 73.1 Å². The highest BCUT2D eigenvalue weighted by atomic mass is 16.6. The van der Waals surface area contributed by atoms with Crippen LogP contribution in [0, 0.1) is 10.1 Å². The van der Waals surface area contributed by atoms with Crippen LogP contribution in [-0.2, 0) is 4.79 Å². The number of benzene rings is 1. The molecule has 132 valence electrons. The lowest BCUT2D eigenvalue weighted by Gasteiger charge is -2.36. The first-order valence-corrected chi connectivity index (χ1v) is 8.02. The van der Waals surface area contributed by atoms with Crippen molar-refractivity contribution in [3.8, 4) is 5.75 Å². The Kier molecular flexibility index (Phi) is 6.51. The summed E-state index contributed by atoms with van der Waals surface area (Å²) in [5.41, 5.74) is -0.00666. The number of hydrogen-bond acceptors (Lipinski definition) is 6. The number of nitrogens with one attached hydrogen (secondary N) is 1. The molecule has 2 rings (SSSR count). The molecule has 1 aromatic carbocycles. The molecule has 1 fully saturated rings. The van der Waals surface area contributed by atoms with Gasteiger partial charge in [-0.25, -0.2) is 0 Å². The molecule has 8 heteroatoms. The molecule has 1 aromatic rings. The van der Waals surface area contributed by atoms with Crippen molar-refractivity contribution in [3.05, 3.63) is 34.4 Å². The number of rotatable bonds is 7. The van der Waals surface area contributed by atoms with Gasteiger partial charge in [-0.1, -0.05) is 0 Å². The van der Waals surface area contributed by atoms with Gasteiger partial charge in [-0.2, -0.15) is 0 Å². The molecule has 0 radical (unpaired) electrons. The molecular weight excluding hydrogens is 312 g/mol. The van der Waals surface area contributed by atoms with E-state index in [0.29, 0.717) is 12.3 Å². The maximum atomic E-state index is 11.9. The molecule has 1 aliphatic heterocycles. The Morgan fingerprint density at radius 1 is 1.29 bits per heavy atom. The van der Waals surface area contributed by atoms with E-state index in [9.17, 15) is 14.9 Å². The maximum Gasteiger partial charge on any atom is 0.269 e. The van der Waals surface area contributed by atoms with Crippen LogP contribution in [0.2, 0.25) is 0 Å². The number of hydrogen-bond donors (Lipinski definition) is 1. The van der Waals surface area contributed by atoms with Crippen LogP contribution >= 0.6 is 0 Å². The zero-order chi connectivity index (χ0) is 17.5. The van der Waals surface area contributed by atoms with Crippen LogP contribution < -0.4 is 10.1 Å². The summed E-state index contributed by atoms with van der Waals surface area (Å²) in [6.45, 7) is 6.67. The molecule has 1 N–H and O–H groups in total. The summed E-state index contributed by atoms with van der Waals surface area (Å²) in [6, 6.07) is 5.95. The van der Waals surface area contributed by atoms with E-state index in [2.05, 4.69) is 29.1 Å². The van der Waals surface area contributed by atoms with Crippen LogP contribution in [0.4, 0.5) is 5.69 Å². The van der Waals surface area contributed by atoms with Crippen molar-refractivity contribution in [1.29, 1.82) is 0 Å². The van der Waals surface area contributed by atoms with Crippen molar-refractivity contribution in [2.24, 2.45) is 0 Å². The molecule has 1 amide bonds. The Morgan fingerprint density at radius 3 is 2.50 bits per heavy atom. The Balaban J connectivity index is 1.68. The smallest absolute Gasteiger partial charge is 0.269 e. The van der Waals surface area contributed by atoms with E-state index >= 15 is 0 Å². The lowest BCUT2D eigenvalue weighted by atomic mass is 10.2. The molecule has 1 atom stereocenters. The Hall–Kier alpha value is -2.19. The number of carbonyl (C=O) groups is 1. The largest absolute Gasteiger partial charge is 0.484 e. The van der Waals surface area contributed by atoms with Gasteiger partial charge < -0.3 is 15.0 Å². The standard InChI is InChI=1S/C16H24N4O4/c1-13(19-9-7-18(2)8-10-19)11-17-16(21)12-24-15-5-3-14(4-6-15)20(22)23/h3-6,13H,7-12H2,1-2H3,(H,17,21). The second-order valence-corrected chi connectivity index (χ2v) is 6.03. The summed E-state index contributed by atoms with van der Waals surface area (Å²) in [4.78, 5) is 26.6. The molecule has 1 saturated heterocycles. The first-order chi connectivity index (χ1) is 11.5. The average Bonchev–Trinajstić information content (AvgIpc) is 2.58. The molecule has 0 saturated carbocycles. The van der Waals surface area contributed by atoms with Crippen molar-refractivity contribution in [1.82, 2.24) is 15.1 Å². The molecule has 0 aromatic heterocycles. The molecule has 8 nitrogen and oxygen atoms in total. The van der Waals surface area contributed by atoms with Crippen LogP contribution in [0.25, 0.3) is 0 Å². The SMILES string of the molecule is CC(CNC(=O)COc1ccc([N+](=O)[O-])cc1)N1CCN(C)CC1. The van der Waals surface area contributed by atoms with Crippen molar-refractivity contribution in [3.63, 3.8) is 0 Å². The summed E-state index contributed by atoms with van der Waals surface area (Å²) in [7, 11) is 2.11. The summed E-state index contributed by atoms with van der Waals surface area (Å²) < 4.78 is 5.34. The molecule has 1 unspecified atom stereocenters. The first kappa shape index (κ1) is 18.2. The average molecular weight is 336 g/mol. The van der Waals surface area contributed by atoms with Gasteiger partial charge in [-0.3, -0.25) is 19.8 Å². The van der Waals surface area contributed by atoms with Gasteiger partial charge in [0.05, 0.1) is 4.92 Å². The molecule has 24 heavy (non-hydrogen) atoms. The number of piperazine rings is 1. The minimum Gasteiger partial charge on any atom is -0.484 e. The number of ether oxygens (including phenoxy) is 1. The van der Waals surface area contributed by atoms with E-state index < -0.39 is 4.92 Å². The van der Waals surface area contributed by atoms with Gasteiger partial charge in [-0.05, 0) is 26.1 Å². The third-order valence-electron chi connectivity index (χ3n) is 4.17. The maximum absolute atomic E-state index is 11.9. The third kappa shape index (κ3) is 5.47. The summed E-state index contributed by atoms with van der Waals surface area (Å²) in [6.07, 6.45) is 0. The van der Waals surface area contributed by atoms with Crippen molar-refractivity contribution in [2.45, 2.75) is 13.0 Å². The fourth-order valence-electron chi connectivity index (χ4n) is 2.52. The molecule has 1 heterocycles. The van der Waals surface area contributed by atoms with Gasteiger partial charge in [0.25, 0.3) is 11.6 Å². The second-order valence-electron chi connectivity index (χ2n) is 6.03. The van der Waals surface area contributed by atoms with E-state index in [1.54, 1.807) is 0 Å². The fourth-order valence-corrected chi connectivity index (χ4v) is 2.52. The monoisotopic (exact) mass is 336 g/mol. The lowest BCUT2D eigenvalue weighted by Crippen LogP contribution is -2.51. The van der Waals surface area contributed by atoms with Crippen molar-refractivity contribution < 1.29 is 14.5 Å². The number of carbonyl (C=O) groups excluding carboxylic acids is 1. The van der Waals surface area contributed by atoms with Crippen LogP contribution in [0.15, 0.2) is 24.3 Å². The van der Waals surface area contributed by atoms with Gasteiger partial charge >= 0.3 is 0 Å². The second kappa shape index (κ2) is 8.60. The molecule has 0 bridgehead atoms. The van der Waals surface area contributed by atoms with E-state index in [1.807, 2.05) is 0 Å². The van der Waals surface area contributed by atoms with Gasteiger partial charge in [-0.15, -0.1) is 0 Å². The topological polar surface area (TPSA) is 87.9 Å². The van der Waals surface area contributed by atoms with Gasteiger partial charge in [0, 0.05) is 50.9 Å². The molecule has 0 spiro atoms. The molecular formula is C16H24N4O4. The highest BCUT2D eigenvalue weighted by Crippen LogP contribution is 2.17. The minimum absolute atomic E-state index is 0.00666. The zero-order valence-electron chi connectivity index (χ0n) is 14.1. The number of likely N-dealkylation sites (N-methyl/N-ethyl adjacent to an activating group) is 1. The Bertz CT molecular complexity index is 556. The quantitative estimate of drug-likeness (QED) is 0.583. The number of nitro benzene ring substituents is 1. The highest BCUT2D eigenvalue weighted by Gasteiger charge is 2.19. The van der Waals surface area contributed by atoms with Crippen molar-refractivity contribution >= 4 is 11.6 Å². The summed E-state index contributed by atoms with van der Waals surface area (Å²) >= 11 is 0.